The molecule has 1 amide bonds. The van der Waals surface area contributed by atoms with Gasteiger partial charge in [-0.3, -0.25) is 4.79 Å². The Morgan fingerprint density at radius 1 is 1.24 bits per heavy atom. The van der Waals surface area contributed by atoms with E-state index in [0.29, 0.717) is 10.6 Å². The summed E-state index contributed by atoms with van der Waals surface area (Å²) in [5.41, 5.74) is 2.28. The van der Waals surface area contributed by atoms with Gasteiger partial charge < -0.3 is 10.6 Å². The summed E-state index contributed by atoms with van der Waals surface area (Å²) in [6, 6.07) is 11.8. The number of hydrogen-bond donors (Lipinski definition) is 2. The molecule has 0 fully saturated rings. The van der Waals surface area contributed by atoms with Crippen molar-refractivity contribution in [2.75, 3.05) is 11.9 Å². The van der Waals surface area contributed by atoms with E-state index in [1.807, 2.05) is 19.1 Å². The van der Waals surface area contributed by atoms with Gasteiger partial charge in [0.25, 0.3) is 0 Å². The first-order valence-electron chi connectivity index (χ1n) is 6.56. The maximum Gasteiger partial charge on any atom is 0.239 e. The van der Waals surface area contributed by atoms with Gasteiger partial charge in [-0.1, -0.05) is 29.8 Å². The first-order chi connectivity index (χ1) is 10.1. The Hall–Kier alpha value is -2.07. The monoisotopic (exact) mass is 306 g/mol. The first kappa shape index (κ1) is 15.3. The van der Waals surface area contributed by atoms with Crippen LogP contribution >= 0.6 is 11.6 Å². The molecule has 0 heterocycles. The molecule has 0 atom stereocenters. The minimum Gasteiger partial charge on any atom is -0.376 e. The second-order valence-corrected chi connectivity index (χ2v) is 5.12. The smallest absolute Gasteiger partial charge is 0.239 e. The number of hydrogen-bond acceptors (Lipinski definition) is 2. The van der Waals surface area contributed by atoms with Crippen molar-refractivity contribution in [3.8, 4) is 0 Å². The summed E-state index contributed by atoms with van der Waals surface area (Å²) in [5, 5.41) is 6.35. The highest BCUT2D eigenvalue weighted by Crippen LogP contribution is 2.19. The molecule has 0 spiro atoms. The van der Waals surface area contributed by atoms with Gasteiger partial charge in [0.2, 0.25) is 5.91 Å². The van der Waals surface area contributed by atoms with E-state index in [4.69, 9.17) is 11.6 Å². The Morgan fingerprint density at radius 2 is 2.00 bits per heavy atom. The molecule has 0 unspecified atom stereocenters. The van der Waals surface area contributed by atoms with Crippen LogP contribution in [0.25, 0.3) is 0 Å². The zero-order valence-corrected chi connectivity index (χ0v) is 12.4. The van der Waals surface area contributed by atoms with Crippen molar-refractivity contribution in [3.63, 3.8) is 0 Å². The van der Waals surface area contributed by atoms with E-state index in [2.05, 4.69) is 10.6 Å². The lowest BCUT2D eigenvalue weighted by atomic mass is 10.2. The number of carbonyl (C=O) groups is 1. The Balaban J connectivity index is 1.84. The van der Waals surface area contributed by atoms with Gasteiger partial charge in [0.15, 0.2) is 0 Å². The van der Waals surface area contributed by atoms with Gasteiger partial charge in [0.1, 0.15) is 5.82 Å². The summed E-state index contributed by atoms with van der Waals surface area (Å²) in [6.45, 7) is 2.20. The normalized spacial score (nSPS) is 10.2. The van der Waals surface area contributed by atoms with E-state index in [1.165, 1.54) is 6.07 Å². The van der Waals surface area contributed by atoms with E-state index in [9.17, 15) is 9.18 Å². The summed E-state index contributed by atoms with van der Waals surface area (Å²) in [5.74, 6) is -0.521. The lowest BCUT2D eigenvalue weighted by Crippen LogP contribution is -2.29. The van der Waals surface area contributed by atoms with Crippen molar-refractivity contribution in [3.05, 3.63) is 64.4 Å². The fourth-order valence-electron chi connectivity index (χ4n) is 1.90. The molecule has 2 N–H and O–H groups in total. The third-order valence-electron chi connectivity index (χ3n) is 3.06. The molecule has 0 saturated heterocycles. The number of aryl methyl sites for hydroxylation is 1. The second kappa shape index (κ2) is 7.09. The molecule has 2 aromatic rings. The summed E-state index contributed by atoms with van der Waals surface area (Å²) in [4.78, 5) is 11.8. The molecule has 0 aliphatic heterocycles. The second-order valence-electron chi connectivity index (χ2n) is 4.68. The van der Waals surface area contributed by atoms with E-state index in [0.717, 1.165) is 11.3 Å². The molecule has 5 heteroatoms. The van der Waals surface area contributed by atoms with Crippen molar-refractivity contribution in [2.24, 2.45) is 0 Å². The lowest BCUT2D eigenvalue weighted by molar-refractivity contribution is -0.119. The molecule has 0 saturated carbocycles. The average molecular weight is 307 g/mol. The minimum absolute atomic E-state index is 0.122. The van der Waals surface area contributed by atoms with Gasteiger partial charge in [-0.15, -0.1) is 0 Å². The molecular formula is C16H16ClFN2O. The summed E-state index contributed by atoms with van der Waals surface area (Å²) >= 11 is 5.87. The van der Waals surface area contributed by atoms with Crippen LogP contribution in [-0.2, 0) is 11.3 Å². The number of benzene rings is 2. The molecule has 0 bridgehead atoms. The summed E-state index contributed by atoms with van der Waals surface area (Å²) < 4.78 is 13.4. The first-order valence-corrected chi connectivity index (χ1v) is 6.94. The quantitative estimate of drug-likeness (QED) is 0.887. The van der Waals surface area contributed by atoms with Crippen LogP contribution in [0.3, 0.4) is 0 Å². The lowest BCUT2D eigenvalue weighted by Gasteiger charge is -2.10. The number of amides is 1. The molecule has 110 valence electrons. The van der Waals surface area contributed by atoms with E-state index in [1.54, 1.807) is 24.3 Å². The van der Waals surface area contributed by atoms with E-state index >= 15 is 0 Å². The summed E-state index contributed by atoms with van der Waals surface area (Å²) in [6.07, 6.45) is 0. The Bertz CT molecular complexity index is 646. The minimum atomic E-state index is -0.320. The number of anilines is 1. The van der Waals surface area contributed by atoms with Crippen molar-refractivity contribution in [2.45, 2.75) is 13.5 Å². The van der Waals surface area contributed by atoms with E-state index in [-0.39, 0.29) is 24.8 Å². The van der Waals surface area contributed by atoms with Crippen LogP contribution in [0, 0.1) is 12.7 Å². The number of rotatable bonds is 5. The average Bonchev–Trinajstić information content (AvgIpc) is 2.45. The van der Waals surface area contributed by atoms with Crippen LogP contribution in [0.2, 0.25) is 5.02 Å². The van der Waals surface area contributed by atoms with Crippen molar-refractivity contribution in [1.82, 2.24) is 5.32 Å². The number of carbonyl (C=O) groups excluding carboxylic acids is 1. The fourth-order valence-corrected chi connectivity index (χ4v) is 2.13. The van der Waals surface area contributed by atoms with Crippen molar-refractivity contribution >= 4 is 23.2 Å². The Labute approximate surface area is 128 Å². The zero-order valence-electron chi connectivity index (χ0n) is 11.6. The maximum atomic E-state index is 13.4. The molecule has 0 radical (unpaired) electrons. The Morgan fingerprint density at radius 3 is 2.71 bits per heavy atom. The van der Waals surface area contributed by atoms with Gasteiger partial charge in [-0.25, -0.2) is 4.39 Å². The highest BCUT2D eigenvalue weighted by atomic mass is 35.5. The van der Waals surface area contributed by atoms with Crippen LogP contribution in [0.5, 0.6) is 0 Å². The molecule has 2 rings (SSSR count). The molecular weight excluding hydrogens is 291 g/mol. The SMILES string of the molecule is Cc1cc(Cl)ccc1NCC(=O)NCc1ccccc1F. The number of halogens is 2. The van der Waals surface area contributed by atoms with Gasteiger partial charge in [0, 0.05) is 22.8 Å². The van der Waals surface area contributed by atoms with Crippen LogP contribution in [0.4, 0.5) is 10.1 Å². The third kappa shape index (κ3) is 4.46. The van der Waals surface area contributed by atoms with E-state index < -0.39 is 0 Å². The predicted molar refractivity (Wildman–Crippen MR) is 82.9 cm³/mol. The van der Waals surface area contributed by atoms with Crippen LogP contribution in [-0.4, -0.2) is 12.5 Å². The van der Waals surface area contributed by atoms with Gasteiger partial charge in [-0.2, -0.15) is 0 Å². The van der Waals surface area contributed by atoms with Gasteiger partial charge >= 0.3 is 0 Å². The standard InChI is InChI=1S/C16H16ClFN2O/c1-11-8-13(17)6-7-15(11)19-10-16(21)20-9-12-4-2-3-5-14(12)18/h2-8,19H,9-10H2,1H3,(H,20,21). The van der Waals surface area contributed by atoms with Crippen LogP contribution in [0.1, 0.15) is 11.1 Å². The molecule has 2 aromatic carbocycles. The molecule has 0 aliphatic rings. The fraction of sp³-hybridized carbons (Fsp3) is 0.188. The largest absolute Gasteiger partial charge is 0.376 e. The molecule has 0 aliphatic carbocycles. The molecule has 0 aromatic heterocycles. The third-order valence-corrected chi connectivity index (χ3v) is 3.30. The van der Waals surface area contributed by atoms with Crippen molar-refractivity contribution < 1.29 is 9.18 Å². The zero-order chi connectivity index (χ0) is 15.2. The van der Waals surface area contributed by atoms with Gasteiger partial charge in [0.05, 0.1) is 6.54 Å². The highest BCUT2D eigenvalue weighted by molar-refractivity contribution is 6.30. The van der Waals surface area contributed by atoms with Crippen molar-refractivity contribution in [1.29, 1.82) is 0 Å². The molecule has 21 heavy (non-hydrogen) atoms. The van der Waals surface area contributed by atoms with Gasteiger partial charge in [-0.05, 0) is 36.8 Å². The predicted octanol–water partition coefficient (Wildman–Crippen LogP) is 3.52. The van der Waals surface area contributed by atoms with Crippen LogP contribution in [0.15, 0.2) is 42.5 Å². The Kier molecular flexibility index (Phi) is 5.17. The molecule has 3 nitrogen and oxygen atoms in total. The topological polar surface area (TPSA) is 41.1 Å². The highest BCUT2D eigenvalue weighted by Gasteiger charge is 2.05. The summed E-state index contributed by atoms with van der Waals surface area (Å²) in [7, 11) is 0. The maximum absolute atomic E-state index is 13.4. The van der Waals surface area contributed by atoms with Crippen LogP contribution < -0.4 is 10.6 Å². The number of nitrogens with one attached hydrogen (secondary N) is 2.